The van der Waals surface area contributed by atoms with Crippen molar-refractivity contribution in [3.63, 3.8) is 0 Å². The summed E-state index contributed by atoms with van der Waals surface area (Å²) < 4.78 is 5.38. The van der Waals surface area contributed by atoms with Crippen LogP contribution in [-0.2, 0) is 9.53 Å². The molecular weight excluding hydrogens is 332 g/mol. The van der Waals surface area contributed by atoms with Gasteiger partial charge in [0.05, 0.1) is 26.4 Å². The highest BCUT2D eigenvalue weighted by Crippen LogP contribution is 2.19. The lowest BCUT2D eigenvalue weighted by Gasteiger charge is -2.37. The van der Waals surface area contributed by atoms with E-state index in [1.54, 1.807) is 0 Å². The Morgan fingerprint density at radius 1 is 1.12 bits per heavy atom. The van der Waals surface area contributed by atoms with Crippen molar-refractivity contribution < 1.29 is 14.6 Å². The SMILES string of the molecule is CC(CO)N1CCN(CC(=O)Nc2ccc(N3CCOCC3)cc2)CC1. The van der Waals surface area contributed by atoms with Crippen LogP contribution in [0.4, 0.5) is 11.4 Å². The van der Waals surface area contributed by atoms with Crippen molar-refractivity contribution in [3.05, 3.63) is 24.3 Å². The predicted octanol–water partition coefficient (Wildman–Crippen LogP) is 0.460. The van der Waals surface area contributed by atoms with Gasteiger partial charge >= 0.3 is 0 Å². The molecule has 144 valence electrons. The zero-order chi connectivity index (χ0) is 18.4. The number of nitrogens with one attached hydrogen (secondary N) is 1. The highest BCUT2D eigenvalue weighted by atomic mass is 16.5. The van der Waals surface area contributed by atoms with Crippen molar-refractivity contribution in [1.82, 2.24) is 9.80 Å². The summed E-state index contributed by atoms with van der Waals surface area (Å²) in [4.78, 5) is 19.0. The molecule has 0 radical (unpaired) electrons. The average molecular weight is 362 g/mol. The van der Waals surface area contributed by atoms with Gasteiger partial charge in [-0.15, -0.1) is 0 Å². The Morgan fingerprint density at radius 3 is 2.38 bits per heavy atom. The number of aliphatic hydroxyl groups is 1. The number of hydrogen-bond donors (Lipinski definition) is 2. The zero-order valence-electron chi connectivity index (χ0n) is 15.6. The predicted molar refractivity (Wildman–Crippen MR) is 103 cm³/mol. The number of piperazine rings is 1. The summed E-state index contributed by atoms with van der Waals surface area (Å²) in [5.74, 6) is 0.0211. The number of carbonyl (C=O) groups is 1. The van der Waals surface area contributed by atoms with Gasteiger partial charge in [-0.2, -0.15) is 0 Å². The topological polar surface area (TPSA) is 68.3 Å². The normalized spacial score (nSPS) is 20.8. The second-order valence-electron chi connectivity index (χ2n) is 7.04. The molecule has 0 spiro atoms. The monoisotopic (exact) mass is 362 g/mol. The number of morpholine rings is 1. The molecule has 2 heterocycles. The van der Waals surface area contributed by atoms with Gasteiger partial charge in [0.2, 0.25) is 5.91 Å². The largest absolute Gasteiger partial charge is 0.395 e. The fourth-order valence-corrected chi connectivity index (χ4v) is 3.46. The van der Waals surface area contributed by atoms with Crippen LogP contribution in [0.15, 0.2) is 24.3 Å². The van der Waals surface area contributed by atoms with Crippen LogP contribution in [0.3, 0.4) is 0 Å². The zero-order valence-corrected chi connectivity index (χ0v) is 15.6. The maximum atomic E-state index is 12.3. The first-order valence-electron chi connectivity index (χ1n) is 9.45. The molecule has 0 bridgehead atoms. The van der Waals surface area contributed by atoms with Gasteiger partial charge in [0, 0.05) is 56.7 Å². The van der Waals surface area contributed by atoms with Crippen LogP contribution in [0.2, 0.25) is 0 Å². The molecule has 1 unspecified atom stereocenters. The number of rotatable bonds is 6. The Kier molecular flexibility index (Phi) is 6.85. The standard InChI is InChI=1S/C19H30N4O3/c1-16(15-24)22-8-6-21(7-9-22)14-19(25)20-17-2-4-18(5-3-17)23-10-12-26-13-11-23/h2-5,16,24H,6-15H2,1H3,(H,20,25). The Morgan fingerprint density at radius 2 is 1.77 bits per heavy atom. The van der Waals surface area contributed by atoms with Gasteiger partial charge < -0.3 is 20.1 Å². The molecule has 7 heteroatoms. The van der Waals surface area contributed by atoms with E-state index in [1.165, 1.54) is 5.69 Å². The summed E-state index contributed by atoms with van der Waals surface area (Å²) in [6, 6.07) is 8.22. The Labute approximate surface area is 155 Å². The molecule has 1 amide bonds. The van der Waals surface area contributed by atoms with Crippen LogP contribution >= 0.6 is 0 Å². The molecule has 2 saturated heterocycles. The highest BCUT2D eigenvalue weighted by Gasteiger charge is 2.22. The molecule has 2 aliphatic rings. The van der Waals surface area contributed by atoms with Crippen molar-refractivity contribution in [1.29, 1.82) is 0 Å². The van der Waals surface area contributed by atoms with Gasteiger partial charge in [0.25, 0.3) is 0 Å². The van der Waals surface area contributed by atoms with E-state index >= 15 is 0 Å². The molecule has 2 aliphatic heterocycles. The number of benzene rings is 1. The van der Waals surface area contributed by atoms with Crippen LogP contribution in [0.5, 0.6) is 0 Å². The molecule has 2 fully saturated rings. The first-order chi connectivity index (χ1) is 12.7. The third kappa shape index (κ3) is 5.17. The first kappa shape index (κ1) is 19.1. The quantitative estimate of drug-likeness (QED) is 0.766. The van der Waals surface area contributed by atoms with E-state index < -0.39 is 0 Å². The Hall–Kier alpha value is -1.67. The lowest BCUT2D eigenvalue weighted by molar-refractivity contribution is -0.117. The second kappa shape index (κ2) is 9.32. The van der Waals surface area contributed by atoms with Crippen molar-refractivity contribution in [2.24, 2.45) is 0 Å². The van der Waals surface area contributed by atoms with Gasteiger partial charge in [-0.3, -0.25) is 14.6 Å². The van der Waals surface area contributed by atoms with Crippen LogP contribution in [0.25, 0.3) is 0 Å². The van der Waals surface area contributed by atoms with Crippen molar-refractivity contribution in [2.75, 3.05) is 75.9 Å². The molecule has 1 aromatic rings. The fraction of sp³-hybridized carbons (Fsp3) is 0.632. The summed E-state index contributed by atoms with van der Waals surface area (Å²) in [6.45, 7) is 9.47. The van der Waals surface area contributed by atoms with E-state index in [-0.39, 0.29) is 18.6 Å². The van der Waals surface area contributed by atoms with Crippen molar-refractivity contribution >= 4 is 17.3 Å². The molecule has 0 aliphatic carbocycles. The maximum absolute atomic E-state index is 12.3. The number of hydrogen-bond acceptors (Lipinski definition) is 6. The molecule has 3 rings (SSSR count). The van der Waals surface area contributed by atoms with Crippen LogP contribution in [-0.4, -0.2) is 92.5 Å². The summed E-state index contributed by atoms with van der Waals surface area (Å²) >= 11 is 0. The van der Waals surface area contributed by atoms with E-state index in [1.807, 2.05) is 19.1 Å². The highest BCUT2D eigenvalue weighted by molar-refractivity contribution is 5.92. The molecule has 7 nitrogen and oxygen atoms in total. The fourth-order valence-electron chi connectivity index (χ4n) is 3.46. The van der Waals surface area contributed by atoms with Crippen molar-refractivity contribution in [2.45, 2.75) is 13.0 Å². The Bertz CT molecular complexity index is 567. The van der Waals surface area contributed by atoms with Gasteiger partial charge in [0.15, 0.2) is 0 Å². The number of amides is 1. The first-order valence-corrected chi connectivity index (χ1v) is 9.45. The summed E-state index contributed by atoms with van der Waals surface area (Å²) in [5, 5.41) is 12.2. The van der Waals surface area contributed by atoms with E-state index in [0.717, 1.165) is 58.2 Å². The van der Waals surface area contributed by atoms with E-state index in [2.05, 4.69) is 32.1 Å². The van der Waals surface area contributed by atoms with Crippen LogP contribution in [0.1, 0.15) is 6.92 Å². The lowest BCUT2D eigenvalue weighted by atomic mass is 10.2. The van der Waals surface area contributed by atoms with E-state index in [4.69, 9.17) is 4.74 Å². The average Bonchev–Trinajstić information content (AvgIpc) is 2.69. The van der Waals surface area contributed by atoms with Gasteiger partial charge in [0.1, 0.15) is 0 Å². The number of aliphatic hydroxyl groups excluding tert-OH is 1. The minimum atomic E-state index is 0.0211. The third-order valence-corrected chi connectivity index (χ3v) is 5.19. The number of carbonyl (C=O) groups excluding carboxylic acids is 1. The van der Waals surface area contributed by atoms with Gasteiger partial charge in [-0.25, -0.2) is 0 Å². The molecule has 0 saturated carbocycles. The second-order valence-corrected chi connectivity index (χ2v) is 7.04. The molecule has 0 aromatic heterocycles. The lowest BCUT2D eigenvalue weighted by Crippen LogP contribution is -2.51. The molecule has 1 aromatic carbocycles. The Balaban J connectivity index is 1.43. The molecule has 2 N–H and O–H groups in total. The third-order valence-electron chi connectivity index (χ3n) is 5.19. The summed E-state index contributed by atoms with van der Waals surface area (Å²) in [7, 11) is 0. The van der Waals surface area contributed by atoms with Gasteiger partial charge in [-0.05, 0) is 31.2 Å². The summed E-state index contributed by atoms with van der Waals surface area (Å²) in [5.41, 5.74) is 2.00. The minimum absolute atomic E-state index is 0.0211. The number of ether oxygens (including phenoxy) is 1. The smallest absolute Gasteiger partial charge is 0.238 e. The summed E-state index contributed by atoms with van der Waals surface area (Å²) in [6.07, 6.45) is 0. The maximum Gasteiger partial charge on any atom is 0.238 e. The van der Waals surface area contributed by atoms with Crippen LogP contribution < -0.4 is 10.2 Å². The molecule has 1 atom stereocenters. The van der Waals surface area contributed by atoms with E-state index in [0.29, 0.717) is 6.54 Å². The number of nitrogens with zero attached hydrogens (tertiary/aromatic N) is 3. The van der Waals surface area contributed by atoms with E-state index in [9.17, 15) is 9.90 Å². The van der Waals surface area contributed by atoms with Crippen LogP contribution in [0, 0.1) is 0 Å². The molecular formula is C19H30N4O3. The minimum Gasteiger partial charge on any atom is -0.395 e. The molecule has 26 heavy (non-hydrogen) atoms. The number of anilines is 2. The van der Waals surface area contributed by atoms with Gasteiger partial charge in [-0.1, -0.05) is 0 Å². The van der Waals surface area contributed by atoms with Crippen molar-refractivity contribution in [3.8, 4) is 0 Å².